The first-order chi connectivity index (χ1) is 9.73. The number of benzene rings is 1. The van der Waals surface area contributed by atoms with Crippen LogP contribution in [0.15, 0.2) is 23.1 Å². The third-order valence-corrected chi connectivity index (χ3v) is 4.91. The Morgan fingerprint density at radius 3 is 2.43 bits per heavy atom. The van der Waals surface area contributed by atoms with Crippen molar-refractivity contribution in [2.24, 2.45) is 5.92 Å². The Bertz CT molecular complexity index is 610. The molecule has 0 heterocycles. The summed E-state index contributed by atoms with van der Waals surface area (Å²) < 4.78 is 31.8. The fourth-order valence-corrected chi connectivity index (χ4v) is 3.75. The molecule has 0 amide bonds. The van der Waals surface area contributed by atoms with Crippen molar-refractivity contribution in [2.75, 3.05) is 20.2 Å². The van der Waals surface area contributed by atoms with Crippen LogP contribution in [0, 0.1) is 5.92 Å². The molecule has 0 radical (unpaired) electrons. The lowest BCUT2D eigenvalue weighted by Crippen LogP contribution is -2.34. The van der Waals surface area contributed by atoms with Crippen molar-refractivity contribution in [1.82, 2.24) is 4.31 Å². The molecule has 0 saturated heterocycles. The molecule has 0 aromatic heterocycles. The van der Waals surface area contributed by atoms with Crippen molar-refractivity contribution in [3.63, 3.8) is 0 Å². The highest BCUT2D eigenvalue weighted by molar-refractivity contribution is 7.89. The van der Waals surface area contributed by atoms with Gasteiger partial charge in [-0.25, -0.2) is 13.2 Å². The number of nitrogens with zero attached hydrogens (tertiary/aromatic N) is 1. The second-order valence-electron chi connectivity index (χ2n) is 5.02. The Hall–Kier alpha value is -1.60. The molecule has 118 valence electrons. The monoisotopic (exact) mass is 315 g/mol. The molecular formula is C14H21NO5S. The molecule has 0 spiro atoms. The molecule has 0 aliphatic heterocycles. The zero-order valence-electron chi connectivity index (χ0n) is 12.7. The predicted octanol–water partition coefficient (Wildman–Crippen LogP) is 2.06. The smallest absolute Gasteiger partial charge is 0.335 e. The number of sulfonamides is 1. The summed E-state index contributed by atoms with van der Waals surface area (Å²) in [4.78, 5) is 10.9. The molecule has 1 rings (SSSR count). The summed E-state index contributed by atoms with van der Waals surface area (Å²) in [5, 5.41) is 9.03. The first-order valence-corrected chi connectivity index (χ1v) is 8.09. The maximum atomic E-state index is 12.7. The topological polar surface area (TPSA) is 83.9 Å². The lowest BCUT2D eigenvalue weighted by atomic mass is 10.2. The number of hydrogen-bond acceptors (Lipinski definition) is 4. The van der Waals surface area contributed by atoms with Gasteiger partial charge in [0.25, 0.3) is 0 Å². The van der Waals surface area contributed by atoms with E-state index in [2.05, 4.69) is 0 Å². The highest BCUT2D eigenvalue weighted by Crippen LogP contribution is 2.28. The molecule has 0 aliphatic carbocycles. The van der Waals surface area contributed by atoms with Crippen LogP contribution in [0.5, 0.6) is 5.75 Å². The fraction of sp³-hybridized carbons (Fsp3) is 0.500. The average molecular weight is 315 g/mol. The highest BCUT2D eigenvalue weighted by Gasteiger charge is 2.28. The SMILES string of the molecule is CCN(CC(C)C)S(=O)(=O)c1cc(C(=O)O)ccc1OC. The molecule has 0 atom stereocenters. The number of ether oxygens (including phenoxy) is 1. The summed E-state index contributed by atoms with van der Waals surface area (Å²) in [6, 6.07) is 3.82. The molecule has 1 N–H and O–H groups in total. The van der Waals surface area contributed by atoms with Gasteiger partial charge >= 0.3 is 5.97 Å². The van der Waals surface area contributed by atoms with E-state index in [-0.39, 0.29) is 22.1 Å². The summed E-state index contributed by atoms with van der Waals surface area (Å²) in [5.41, 5.74) is -0.0880. The van der Waals surface area contributed by atoms with Crippen LogP contribution in [0.1, 0.15) is 31.1 Å². The third-order valence-electron chi connectivity index (χ3n) is 2.95. The van der Waals surface area contributed by atoms with Crippen LogP contribution in [-0.4, -0.2) is 44.0 Å². The van der Waals surface area contributed by atoms with Crippen LogP contribution in [0.2, 0.25) is 0 Å². The van der Waals surface area contributed by atoms with E-state index in [1.165, 1.54) is 23.5 Å². The van der Waals surface area contributed by atoms with Gasteiger partial charge in [0.1, 0.15) is 10.6 Å². The van der Waals surface area contributed by atoms with E-state index < -0.39 is 16.0 Å². The third kappa shape index (κ3) is 3.95. The number of carboxylic acid groups (broad SMARTS) is 1. The van der Waals surface area contributed by atoms with E-state index in [0.29, 0.717) is 13.1 Å². The Morgan fingerprint density at radius 2 is 2.00 bits per heavy atom. The zero-order valence-corrected chi connectivity index (χ0v) is 13.5. The first kappa shape index (κ1) is 17.5. The lowest BCUT2D eigenvalue weighted by molar-refractivity contribution is 0.0696. The quantitative estimate of drug-likeness (QED) is 0.832. The van der Waals surface area contributed by atoms with Crippen LogP contribution >= 0.6 is 0 Å². The number of aromatic carboxylic acids is 1. The van der Waals surface area contributed by atoms with Gasteiger partial charge in [0, 0.05) is 13.1 Å². The summed E-state index contributed by atoms with van der Waals surface area (Å²) >= 11 is 0. The van der Waals surface area contributed by atoms with Gasteiger partial charge < -0.3 is 9.84 Å². The van der Waals surface area contributed by atoms with Crippen molar-refractivity contribution in [1.29, 1.82) is 0 Å². The molecule has 0 bridgehead atoms. The maximum Gasteiger partial charge on any atom is 0.335 e. The first-order valence-electron chi connectivity index (χ1n) is 6.65. The van der Waals surface area contributed by atoms with Crippen molar-refractivity contribution in [3.05, 3.63) is 23.8 Å². The average Bonchev–Trinajstić information content (AvgIpc) is 2.43. The minimum absolute atomic E-state index is 0.0880. The summed E-state index contributed by atoms with van der Waals surface area (Å²) in [7, 11) is -2.45. The Balaban J connectivity index is 3.40. The summed E-state index contributed by atoms with van der Waals surface area (Å²) in [6.45, 7) is 6.25. The van der Waals surface area contributed by atoms with Crippen LogP contribution < -0.4 is 4.74 Å². The lowest BCUT2D eigenvalue weighted by Gasteiger charge is -2.23. The number of carbonyl (C=O) groups is 1. The van der Waals surface area contributed by atoms with Gasteiger partial charge in [0.05, 0.1) is 12.7 Å². The van der Waals surface area contributed by atoms with Crippen LogP contribution in [0.3, 0.4) is 0 Å². The van der Waals surface area contributed by atoms with Gasteiger partial charge in [-0.3, -0.25) is 0 Å². The Morgan fingerprint density at radius 1 is 1.38 bits per heavy atom. The standard InChI is InChI=1S/C14H21NO5S/c1-5-15(9-10(2)3)21(18,19)13-8-11(14(16)17)6-7-12(13)20-4/h6-8,10H,5,9H2,1-4H3,(H,16,17). The minimum atomic E-state index is -3.80. The van der Waals surface area contributed by atoms with Crippen LogP contribution in [-0.2, 0) is 10.0 Å². The molecule has 0 aliphatic rings. The molecule has 0 unspecified atom stereocenters. The van der Waals surface area contributed by atoms with Crippen molar-refractivity contribution >= 4 is 16.0 Å². The number of carboxylic acids is 1. The molecular weight excluding hydrogens is 294 g/mol. The van der Waals surface area contributed by atoms with Gasteiger partial charge in [-0.2, -0.15) is 4.31 Å². The summed E-state index contributed by atoms with van der Waals surface area (Å²) in [6.07, 6.45) is 0. The molecule has 6 nitrogen and oxygen atoms in total. The van der Waals surface area contributed by atoms with Gasteiger partial charge in [-0.1, -0.05) is 20.8 Å². The maximum absolute atomic E-state index is 12.7. The van der Waals surface area contributed by atoms with Gasteiger partial charge in [-0.05, 0) is 24.1 Å². The molecule has 1 aromatic carbocycles. The molecule has 1 aromatic rings. The largest absolute Gasteiger partial charge is 0.495 e. The van der Waals surface area contributed by atoms with E-state index in [0.717, 1.165) is 6.07 Å². The van der Waals surface area contributed by atoms with Crippen molar-refractivity contribution < 1.29 is 23.1 Å². The second-order valence-corrected chi connectivity index (χ2v) is 6.93. The normalized spacial score (nSPS) is 11.9. The van der Waals surface area contributed by atoms with Crippen molar-refractivity contribution in [2.45, 2.75) is 25.7 Å². The van der Waals surface area contributed by atoms with Gasteiger partial charge in [0.2, 0.25) is 10.0 Å². The predicted molar refractivity (Wildman–Crippen MR) is 79.2 cm³/mol. The molecule has 7 heteroatoms. The van der Waals surface area contributed by atoms with Crippen LogP contribution in [0.4, 0.5) is 0 Å². The minimum Gasteiger partial charge on any atom is -0.495 e. The number of hydrogen-bond donors (Lipinski definition) is 1. The second kappa shape index (κ2) is 6.91. The van der Waals surface area contributed by atoms with E-state index in [1.54, 1.807) is 6.92 Å². The Kier molecular flexibility index (Phi) is 5.74. The highest BCUT2D eigenvalue weighted by atomic mass is 32.2. The van der Waals surface area contributed by atoms with Crippen molar-refractivity contribution in [3.8, 4) is 5.75 Å². The zero-order chi connectivity index (χ0) is 16.2. The Labute approximate surface area is 125 Å². The van der Waals surface area contributed by atoms with E-state index in [4.69, 9.17) is 9.84 Å². The van der Waals surface area contributed by atoms with Gasteiger partial charge in [-0.15, -0.1) is 0 Å². The van der Waals surface area contributed by atoms with E-state index >= 15 is 0 Å². The number of rotatable bonds is 7. The van der Waals surface area contributed by atoms with Crippen LogP contribution in [0.25, 0.3) is 0 Å². The number of methoxy groups -OCH3 is 1. The van der Waals surface area contributed by atoms with E-state index in [9.17, 15) is 13.2 Å². The molecule has 0 fully saturated rings. The fourth-order valence-electron chi connectivity index (χ4n) is 1.95. The van der Waals surface area contributed by atoms with E-state index in [1.807, 2.05) is 13.8 Å². The van der Waals surface area contributed by atoms with Gasteiger partial charge in [0.15, 0.2) is 0 Å². The summed E-state index contributed by atoms with van der Waals surface area (Å²) in [5.74, 6) is -0.878. The molecule has 0 saturated carbocycles. The molecule has 21 heavy (non-hydrogen) atoms.